The second-order valence-electron chi connectivity index (χ2n) is 6.98. The number of pyridine rings is 1. The van der Waals surface area contributed by atoms with Gasteiger partial charge in [0.15, 0.2) is 0 Å². The molecule has 2 aromatic heterocycles. The highest BCUT2D eigenvalue weighted by Gasteiger charge is 2.26. The summed E-state index contributed by atoms with van der Waals surface area (Å²) in [6, 6.07) is 4.11. The second-order valence-corrected chi connectivity index (χ2v) is 7.35. The minimum absolute atomic E-state index is 0.0870. The molecular weight excluding hydrogens is 364 g/mol. The molecule has 1 aliphatic rings. The van der Waals surface area contributed by atoms with Gasteiger partial charge in [-0.3, -0.25) is 9.48 Å². The number of hydrogen-bond acceptors (Lipinski definition) is 5. The number of halogens is 1. The van der Waals surface area contributed by atoms with Crippen LogP contribution in [0.5, 0.6) is 0 Å². The second kappa shape index (κ2) is 7.57. The van der Waals surface area contributed by atoms with Crippen LogP contribution in [0, 0.1) is 32.1 Å². The molecule has 1 aliphatic heterocycles. The Morgan fingerprint density at radius 2 is 2.00 bits per heavy atom. The quantitative estimate of drug-likeness (QED) is 0.876. The monoisotopic (exact) mass is 386 g/mol. The molecule has 27 heavy (non-hydrogen) atoms. The minimum Gasteiger partial charge on any atom is -0.355 e. The zero-order valence-corrected chi connectivity index (χ0v) is 16.8. The van der Waals surface area contributed by atoms with Gasteiger partial charge < -0.3 is 10.2 Å². The number of aryl methyl sites for hydroxylation is 3. The molecule has 7 nitrogen and oxygen atoms in total. The molecule has 8 heteroatoms. The lowest BCUT2D eigenvalue weighted by Gasteiger charge is -2.34. The highest BCUT2D eigenvalue weighted by atomic mass is 35.5. The Kier molecular flexibility index (Phi) is 5.38. The van der Waals surface area contributed by atoms with E-state index in [2.05, 4.69) is 26.4 Å². The van der Waals surface area contributed by atoms with Crippen molar-refractivity contribution in [1.82, 2.24) is 20.1 Å². The molecule has 3 heterocycles. The largest absolute Gasteiger partial charge is 0.355 e. The molecule has 1 amide bonds. The maximum absolute atomic E-state index is 12.5. The first-order valence-corrected chi connectivity index (χ1v) is 9.32. The van der Waals surface area contributed by atoms with Crippen molar-refractivity contribution in [2.45, 2.75) is 39.7 Å². The van der Waals surface area contributed by atoms with Crippen LogP contribution in [0.25, 0.3) is 0 Å². The Bertz CT molecular complexity index is 921. The van der Waals surface area contributed by atoms with Crippen molar-refractivity contribution in [3.05, 3.63) is 39.3 Å². The van der Waals surface area contributed by atoms with Gasteiger partial charge in [0.05, 0.1) is 22.0 Å². The Balaban J connectivity index is 1.69. The zero-order chi connectivity index (χ0) is 19.7. The molecule has 1 fully saturated rings. The number of amides is 1. The van der Waals surface area contributed by atoms with E-state index in [0.717, 1.165) is 42.9 Å². The average molecular weight is 387 g/mol. The zero-order valence-electron chi connectivity index (χ0n) is 16.0. The number of hydrogen-bond donors (Lipinski definition) is 1. The summed E-state index contributed by atoms with van der Waals surface area (Å²) in [6.07, 6.45) is 1.58. The molecule has 2 aromatic rings. The van der Waals surface area contributed by atoms with Crippen molar-refractivity contribution in [3.63, 3.8) is 0 Å². The van der Waals surface area contributed by atoms with Crippen molar-refractivity contribution in [3.8, 4) is 6.07 Å². The molecule has 0 spiro atoms. The van der Waals surface area contributed by atoms with E-state index < -0.39 is 0 Å². The van der Waals surface area contributed by atoms with Gasteiger partial charge in [0.25, 0.3) is 5.91 Å². The van der Waals surface area contributed by atoms with Crippen LogP contribution in [0.15, 0.2) is 6.07 Å². The van der Waals surface area contributed by atoms with Gasteiger partial charge in [-0.1, -0.05) is 11.6 Å². The standard InChI is InChI=1S/C19H23ClN6O/c1-11-9-16(25(4)24-11)19(27)23-14-5-7-26(8-6-14)18-15(10-21)12(2)17(20)13(3)22-18/h9,14H,5-8H2,1-4H3,(H,23,27). The van der Waals surface area contributed by atoms with Crippen LogP contribution in [0.4, 0.5) is 5.82 Å². The molecular formula is C19H23ClN6O. The molecule has 0 saturated carbocycles. The topological polar surface area (TPSA) is 86.8 Å². The lowest BCUT2D eigenvalue weighted by atomic mass is 10.0. The fourth-order valence-corrected chi connectivity index (χ4v) is 3.63. The lowest BCUT2D eigenvalue weighted by Crippen LogP contribution is -2.45. The number of anilines is 1. The number of nitriles is 1. The number of nitrogens with one attached hydrogen (secondary N) is 1. The number of aromatic nitrogens is 3. The van der Waals surface area contributed by atoms with Gasteiger partial charge in [0, 0.05) is 26.2 Å². The van der Waals surface area contributed by atoms with Crippen molar-refractivity contribution in [2.24, 2.45) is 7.05 Å². The van der Waals surface area contributed by atoms with Crippen LogP contribution in [0.3, 0.4) is 0 Å². The van der Waals surface area contributed by atoms with E-state index in [1.54, 1.807) is 17.8 Å². The highest BCUT2D eigenvalue weighted by Crippen LogP contribution is 2.30. The number of piperidine rings is 1. The van der Waals surface area contributed by atoms with E-state index in [9.17, 15) is 10.1 Å². The van der Waals surface area contributed by atoms with Crippen molar-refractivity contribution >= 4 is 23.3 Å². The molecule has 1 saturated heterocycles. The van der Waals surface area contributed by atoms with Gasteiger partial charge in [0.2, 0.25) is 0 Å². The number of rotatable bonds is 3. The summed E-state index contributed by atoms with van der Waals surface area (Å²) in [5.74, 6) is 0.578. The fourth-order valence-electron chi connectivity index (χ4n) is 3.49. The Hall–Kier alpha value is -2.59. The molecule has 0 aliphatic carbocycles. The normalized spacial score (nSPS) is 14.9. The first-order chi connectivity index (χ1) is 12.8. The first kappa shape index (κ1) is 19.2. The van der Waals surface area contributed by atoms with E-state index in [1.807, 2.05) is 20.8 Å². The van der Waals surface area contributed by atoms with Crippen LogP contribution < -0.4 is 10.2 Å². The van der Waals surface area contributed by atoms with Gasteiger partial charge in [-0.2, -0.15) is 10.4 Å². The van der Waals surface area contributed by atoms with Gasteiger partial charge in [0.1, 0.15) is 17.6 Å². The van der Waals surface area contributed by atoms with Gasteiger partial charge >= 0.3 is 0 Å². The molecule has 0 radical (unpaired) electrons. The first-order valence-electron chi connectivity index (χ1n) is 8.95. The van der Waals surface area contributed by atoms with Crippen molar-refractivity contribution < 1.29 is 4.79 Å². The smallest absolute Gasteiger partial charge is 0.269 e. The van der Waals surface area contributed by atoms with E-state index in [-0.39, 0.29) is 11.9 Å². The molecule has 0 unspecified atom stereocenters. The van der Waals surface area contributed by atoms with E-state index in [0.29, 0.717) is 22.1 Å². The van der Waals surface area contributed by atoms with E-state index in [4.69, 9.17) is 11.6 Å². The average Bonchev–Trinajstić information content (AvgIpc) is 2.98. The SMILES string of the molecule is Cc1cc(C(=O)NC2CCN(c3nc(C)c(Cl)c(C)c3C#N)CC2)n(C)n1. The summed E-state index contributed by atoms with van der Waals surface area (Å²) in [7, 11) is 1.77. The van der Waals surface area contributed by atoms with Crippen molar-refractivity contribution in [1.29, 1.82) is 5.26 Å². The summed E-state index contributed by atoms with van der Waals surface area (Å²) in [5.41, 5.74) is 3.40. The Morgan fingerprint density at radius 1 is 1.33 bits per heavy atom. The molecule has 0 bridgehead atoms. The summed E-state index contributed by atoms with van der Waals surface area (Å²) >= 11 is 6.24. The predicted molar refractivity (Wildman–Crippen MR) is 104 cm³/mol. The number of carbonyl (C=O) groups is 1. The third-order valence-corrected chi connectivity index (χ3v) is 5.55. The third kappa shape index (κ3) is 3.76. The molecule has 1 N–H and O–H groups in total. The van der Waals surface area contributed by atoms with Crippen LogP contribution in [0.1, 0.15) is 45.8 Å². The van der Waals surface area contributed by atoms with Crippen molar-refractivity contribution in [2.75, 3.05) is 18.0 Å². The Labute approximate surface area is 163 Å². The van der Waals surface area contributed by atoms with Crippen LogP contribution in [0.2, 0.25) is 5.02 Å². The number of nitrogens with zero attached hydrogens (tertiary/aromatic N) is 5. The maximum Gasteiger partial charge on any atom is 0.269 e. The summed E-state index contributed by atoms with van der Waals surface area (Å²) in [4.78, 5) is 19.1. The summed E-state index contributed by atoms with van der Waals surface area (Å²) in [6.45, 7) is 7.00. The van der Waals surface area contributed by atoms with E-state index >= 15 is 0 Å². The van der Waals surface area contributed by atoms with Crippen LogP contribution >= 0.6 is 11.6 Å². The Morgan fingerprint density at radius 3 is 2.56 bits per heavy atom. The van der Waals surface area contributed by atoms with E-state index in [1.165, 1.54) is 0 Å². The van der Waals surface area contributed by atoms with Gasteiger partial charge in [-0.05, 0) is 45.2 Å². The fraction of sp³-hybridized carbons (Fsp3) is 0.474. The third-order valence-electron chi connectivity index (χ3n) is 5.00. The summed E-state index contributed by atoms with van der Waals surface area (Å²) in [5, 5.41) is 17.4. The highest BCUT2D eigenvalue weighted by molar-refractivity contribution is 6.32. The molecule has 142 valence electrons. The minimum atomic E-state index is -0.106. The van der Waals surface area contributed by atoms with Gasteiger partial charge in [-0.25, -0.2) is 4.98 Å². The maximum atomic E-state index is 12.5. The molecule has 0 atom stereocenters. The summed E-state index contributed by atoms with van der Waals surface area (Å²) < 4.78 is 1.60. The molecule has 3 rings (SSSR count). The number of carbonyl (C=O) groups excluding carboxylic acids is 1. The van der Waals surface area contributed by atoms with Crippen LogP contribution in [-0.4, -0.2) is 39.8 Å². The van der Waals surface area contributed by atoms with Gasteiger partial charge in [-0.15, -0.1) is 0 Å². The molecule has 0 aromatic carbocycles. The lowest BCUT2D eigenvalue weighted by molar-refractivity contribution is 0.0921. The van der Waals surface area contributed by atoms with Crippen LogP contribution in [-0.2, 0) is 7.05 Å². The predicted octanol–water partition coefficient (Wildman–Crippen LogP) is 2.66.